The molecule has 7 N–H and O–H groups in total. The molecule has 1 rings (SSSR count). The second-order valence-corrected chi connectivity index (χ2v) is 15.2. The summed E-state index contributed by atoms with van der Waals surface area (Å²) in [6.45, 7) is 12.6. The number of aliphatic hydroxyl groups excluding tert-OH is 1. The first-order valence-corrected chi connectivity index (χ1v) is 24.1. The summed E-state index contributed by atoms with van der Waals surface area (Å²) in [5.74, 6) is -3.44. The van der Waals surface area contributed by atoms with Crippen LogP contribution in [0.25, 0.3) is 0 Å². The molecule has 72 heavy (non-hydrogen) atoms. The van der Waals surface area contributed by atoms with E-state index < -0.39 is 53.6 Å². The Balaban J connectivity index is 1.72. The molecule has 27 nitrogen and oxygen atoms in total. The molecule has 0 aromatic carbocycles. The molecule has 0 fully saturated rings. The van der Waals surface area contributed by atoms with E-state index in [2.05, 4.69) is 21.3 Å². The van der Waals surface area contributed by atoms with Crippen molar-refractivity contribution in [2.24, 2.45) is 5.73 Å². The molecule has 0 spiro atoms. The van der Waals surface area contributed by atoms with Gasteiger partial charge in [-0.1, -0.05) is 0 Å². The van der Waals surface area contributed by atoms with Gasteiger partial charge in [0.1, 0.15) is 24.9 Å². The Morgan fingerprint density at radius 3 is 1.22 bits per heavy atom. The summed E-state index contributed by atoms with van der Waals surface area (Å²) in [6, 6.07) is -1.80. The van der Waals surface area contributed by atoms with Gasteiger partial charge in [-0.25, -0.2) is 0 Å². The molecule has 3 atom stereocenters. The van der Waals surface area contributed by atoms with Crippen molar-refractivity contribution in [2.75, 3.05) is 185 Å². The number of aliphatic hydroxyl groups is 1. The largest absolute Gasteiger partial charge is 0.383 e. The van der Waals surface area contributed by atoms with Gasteiger partial charge in [0.05, 0.1) is 165 Å². The highest BCUT2D eigenvalue weighted by molar-refractivity contribution is 6.13. The SMILES string of the molecule is C[C@H](NC(=O)CCOCCOCCOCCOCCOCCOCCOCCOCCOCCOCCOCCOCCNC(=O)CCN1C(=O)C=CC1=O)C(=O)N[C@@H](C)C(=O)NCOCC[C@@H](O)C(N)=O. The van der Waals surface area contributed by atoms with E-state index in [4.69, 9.17) is 67.3 Å². The monoisotopic (exact) mass is 1040 g/mol. The highest BCUT2D eigenvalue weighted by Crippen LogP contribution is 2.04. The smallest absolute Gasteiger partial charge is 0.253 e. The molecular formula is C45H80N6O21. The maximum absolute atomic E-state index is 12.4. The molecule has 0 bridgehead atoms. The maximum atomic E-state index is 12.4. The van der Waals surface area contributed by atoms with Gasteiger partial charge in [-0.05, 0) is 13.8 Å². The average molecular weight is 1040 g/mol. The molecule has 0 unspecified atom stereocenters. The number of ether oxygens (including phenoxy) is 13. The van der Waals surface area contributed by atoms with Crippen molar-refractivity contribution < 1.29 is 100 Å². The standard InChI is InChI=1S/C45H80N6O21/c1-36(44(58)48-35-72-10-6-38(52)43(46)57)50-45(59)37(2)49-40(54)7-11-60-13-15-62-17-19-64-21-23-66-25-27-68-29-31-70-33-34-71-32-30-69-28-26-67-24-22-65-20-18-63-16-14-61-12-8-47-39(53)5-9-51-41(55)3-4-42(51)56/h3-4,36-38,52H,5-35H2,1-2H3,(H2,46,57)(H,47,53)(H,48,58)(H,49,54)(H,50,59)/t36-,37-,38+/m0/s1. The summed E-state index contributed by atoms with van der Waals surface area (Å²) in [7, 11) is 0. The van der Waals surface area contributed by atoms with E-state index >= 15 is 0 Å². The van der Waals surface area contributed by atoms with Crippen molar-refractivity contribution in [3.05, 3.63) is 12.2 Å². The first kappa shape index (κ1) is 65.7. The molecule has 416 valence electrons. The molecule has 0 aromatic rings. The highest BCUT2D eigenvalue weighted by atomic mass is 16.6. The third-order valence-electron chi connectivity index (χ3n) is 9.33. The number of amides is 7. The quantitative estimate of drug-likeness (QED) is 0.0194. The third-order valence-corrected chi connectivity index (χ3v) is 9.33. The Morgan fingerprint density at radius 2 is 0.833 bits per heavy atom. The van der Waals surface area contributed by atoms with Crippen LogP contribution in [-0.4, -0.2) is 255 Å². The van der Waals surface area contributed by atoms with E-state index in [0.717, 1.165) is 4.90 Å². The molecule has 0 aromatic heterocycles. The molecule has 7 amide bonds. The van der Waals surface area contributed by atoms with E-state index in [-0.39, 0.29) is 58.3 Å². The van der Waals surface area contributed by atoms with Crippen molar-refractivity contribution in [3.8, 4) is 0 Å². The average Bonchev–Trinajstić information content (AvgIpc) is 3.68. The minimum atomic E-state index is -1.34. The zero-order valence-electron chi connectivity index (χ0n) is 41.9. The van der Waals surface area contributed by atoms with Crippen LogP contribution in [0.4, 0.5) is 0 Å². The lowest BCUT2D eigenvalue weighted by Gasteiger charge is -2.18. The summed E-state index contributed by atoms with van der Waals surface area (Å²) in [6.07, 6.45) is 1.08. The maximum Gasteiger partial charge on any atom is 0.253 e. The normalized spacial score (nSPS) is 13.6. The molecule has 0 radical (unpaired) electrons. The highest BCUT2D eigenvalue weighted by Gasteiger charge is 2.24. The molecule has 0 saturated carbocycles. The number of hydrogen-bond acceptors (Lipinski definition) is 21. The van der Waals surface area contributed by atoms with Crippen molar-refractivity contribution in [3.63, 3.8) is 0 Å². The van der Waals surface area contributed by atoms with Crippen LogP contribution in [-0.2, 0) is 95.1 Å². The number of carbonyl (C=O) groups is 7. The number of rotatable bonds is 52. The van der Waals surface area contributed by atoms with Crippen LogP contribution < -0.4 is 27.0 Å². The predicted octanol–water partition coefficient (Wildman–Crippen LogP) is -3.66. The molecule has 1 aliphatic heterocycles. The fourth-order valence-corrected chi connectivity index (χ4v) is 5.37. The molecule has 0 aliphatic carbocycles. The summed E-state index contributed by atoms with van der Waals surface area (Å²) in [5, 5.41) is 19.5. The van der Waals surface area contributed by atoms with E-state index in [0.29, 0.717) is 152 Å². The Kier molecular flexibility index (Phi) is 42.4. The second kappa shape index (κ2) is 46.5. The van der Waals surface area contributed by atoms with Crippen molar-refractivity contribution in [2.45, 2.75) is 51.3 Å². The summed E-state index contributed by atoms with van der Waals surface area (Å²) >= 11 is 0. The topological polar surface area (TPSA) is 337 Å². The van der Waals surface area contributed by atoms with Crippen molar-refractivity contribution in [1.29, 1.82) is 0 Å². The molecule has 0 saturated heterocycles. The molecular weight excluding hydrogens is 961 g/mol. The minimum absolute atomic E-state index is 0.0100. The number of nitrogens with zero attached hydrogens (tertiary/aromatic N) is 1. The lowest BCUT2D eigenvalue weighted by Crippen LogP contribution is -2.52. The van der Waals surface area contributed by atoms with Gasteiger partial charge in [0.25, 0.3) is 11.8 Å². The van der Waals surface area contributed by atoms with E-state index in [1.807, 2.05) is 0 Å². The van der Waals surface area contributed by atoms with Gasteiger partial charge in [0, 0.05) is 44.5 Å². The molecule has 1 aliphatic rings. The van der Waals surface area contributed by atoms with Crippen LogP contribution >= 0.6 is 0 Å². The number of nitrogens with two attached hydrogens (primary N) is 1. The predicted molar refractivity (Wildman–Crippen MR) is 252 cm³/mol. The number of carbonyl (C=O) groups excluding carboxylic acids is 7. The zero-order valence-corrected chi connectivity index (χ0v) is 41.9. The number of primary amides is 1. The Labute approximate surface area is 421 Å². The van der Waals surface area contributed by atoms with Gasteiger partial charge in [-0.15, -0.1) is 0 Å². The van der Waals surface area contributed by atoms with E-state index in [1.54, 1.807) is 0 Å². The summed E-state index contributed by atoms with van der Waals surface area (Å²) in [5.41, 5.74) is 4.94. The number of imide groups is 1. The Hall–Kier alpha value is -4.33. The van der Waals surface area contributed by atoms with Crippen LogP contribution in [0.3, 0.4) is 0 Å². The van der Waals surface area contributed by atoms with Gasteiger partial charge in [0.2, 0.25) is 29.5 Å². The van der Waals surface area contributed by atoms with Gasteiger partial charge in [-0.2, -0.15) is 0 Å². The van der Waals surface area contributed by atoms with Gasteiger partial charge in [-0.3, -0.25) is 38.5 Å². The molecule has 27 heteroatoms. The molecule has 1 heterocycles. The van der Waals surface area contributed by atoms with Crippen LogP contribution in [0.1, 0.15) is 33.1 Å². The number of nitrogens with one attached hydrogen (secondary N) is 4. The van der Waals surface area contributed by atoms with Crippen molar-refractivity contribution in [1.82, 2.24) is 26.2 Å². The zero-order chi connectivity index (χ0) is 52.7. The summed E-state index contributed by atoms with van der Waals surface area (Å²) < 4.78 is 70.6. The van der Waals surface area contributed by atoms with Gasteiger partial charge >= 0.3 is 0 Å². The van der Waals surface area contributed by atoms with E-state index in [9.17, 15) is 38.7 Å². The lowest BCUT2D eigenvalue weighted by atomic mass is 10.2. The van der Waals surface area contributed by atoms with Gasteiger partial charge in [0.15, 0.2) is 0 Å². The van der Waals surface area contributed by atoms with Crippen LogP contribution in [0.2, 0.25) is 0 Å². The first-order chi connectivity index (χ1) is 34.9. The van der Waals surface area contributed by atoms with Gasteiger partial charge < -0.3 is 93.7 Å². The Bertz CT molecular complexity index is 1480. The lowest BCUT2D eigenvalue weighted by molar-refractivity contribution is -0.137. The Morgan fingerprint density at radius 1 is 0.472 bits per heavy atom. The number of hydrogen-bond donors (Lipinski definition) is 6. The second-order valence-electron chi connectivity index (χ2n) is 15.2. The summed E-state index contributed by atoms with van der Waals surface area (Å²) in [4.78, 5) is 83.3. The minimum Gasteiger partial charge on any atom is -0.383 e. The van der Waals surface area contributed by atoms with Crippen LogP contribution in [0, 0.1) is 0 Å². The van der Waals surface area contributed by atoms with Crippen LogP contribution in [0.5, 0.6) is 0 Å². The fourth-order valence-electron chi connectivity index (χ4n) is 5.37. The first-order valence-electron chi connectivity index (χ1n) is 24.1. The fraction of sp³-hybridized carbons (Fsp3) is 0.800. The van der Waals surface area contributed by atoms with Crippen molar-refractivity contribution >= 4 is 41.4 Å². The van der Waals surface area contributed by atoms with Crippen LogP contribution in [0.15, 0.2) is 12.2 Å². The third kappa shape index (κ3) is 39.2. The van der Waals surface area contributed by atoms with E-state index in [1.165, 1.54) is 26.0 Å².